The Hall–Kier alpha value is -4.08. The molecule has 0 radical (unpaired) electrons. The monoisotopic (exact) mass is 469 g/mol. The first-order valence-corrected chi connectivity index (χ1v) is 10.9. The minimum absolute atomic E-state index is 0.0910. The number of ether oxygens (including phenoxy) is 3. The van der Waals surface area contributed by atoms with Crippen molar-refractivity contribution in [2.45, 2.75) is 38.8 Å². The lowest BCUT2D eigenvalue weighted by atomic mass is 10.1. The number of nitrogens with two attached hydrogens (primary N) is 2. The van der Waals surface area contributed by atoms with E-state index in [-0.39, 0.29) is 32.2 Å². The van der Waals surface area contributed by atoms with Crippen LogP contribution in [0.2, 0.25) is 0 Å². The van der Waals surface area contributed by atoms with Gasteiger partial charge in [-0.05, 0) is 43.0 Å². The Labute approximate surface area is 199 Å². The Morgan fingerprint density at radius 1 is 1.06 bits per heavy atom. The molecule has 2 aromatic carbocycles. The fraction of sp³-hybridized carbons (Fsp3) is 0.333. The summed E-state index contributed by atoms with van der Waals surface area (Å²) in [5, 5.41) is 9.86. The zero-order valence-electron chi connectivity index (χ0n) is 19.2. The van der Waals surface area contributed by atoms with E-state index < -0.39 is 18.1 Å². The maximum Gasteiger partial charge on any atom is 0.408 e. The van der Waals surface area contributed by atoms with Crippen LogP contribution in [0.25, 0.3) is 0 Å². The number of benzene rings is 2. The van der Waals surface area contributed by atoms with Gasteiger partial charge in [-0.3, -0.25) is 0 Å². The van der Waals surface area contributed by atoms with Crippen LogP contribution >= 0.6 is 0 Å². The summed E-state index contributed by atoms with van der Waals surface area (Å²) in [6, 6.07) is 15.9. The van der Waals surface area contributed by atoms with Crippen molar-refractivity contribution in [3.8, 4) is 5.75 Å². The summed E-state index contributed by atoms with van der Waals surface area (Å²) in [4.78, 5) is 24.5. The number of nitrogens with zero attached hydrogens (tertiary/aromatic N) is 2. The van der Waals surface area contributed by atoms with Crippen molar-refractivity contribution in [3.05, 3.63) is 65.7 Å². The van der Waals surface area contributed by atoms with Gasteiger partial charge < -0.3 is 31.0 Å². The average Bonchev–Trinajstić information content (AvgIpc) is 2.83. The molecule has 0 fully saturated rings. The second kappa shape index (κ2) is 14.9. The summed E-state index contributed by atoms with van der Waals surface area (Å²) in [6.07, 6.45) is 2.52. The number of rotatable bonds is 13. The van der Waals surface area contributed by atoms with Gasteiger partial charge in [0.15, 0.2) is 0 Å². The average molecular weight is 470 g/mol. The lowest BCUT2D eigenvalue weighted by Crippen LogP contribution is -2.43. The Morgan fingerprint density at radius 2 is 1.82 bits per heavy atom. The Morgan fingerprint density at radius 3 is 2.56 bits per heavy atom. The Kier molecular flexibility index (Phi) is 11.5. The van der Waals surface area contributed by atoms with Crippen molar-refractivity contribution in [1.82, 2.24) is 5.32 Å². The van der Waals surface area contributed by atoms with E-state index >= 15 is 0 Å². The lowest BCUT2D eigenvalue weighted by Gasteiger charge is -2.17. The molecule has 0 aliphatic rings. The summed E-state index contributed by atoms with van der Waals surface area (Å²) in [5.41, 5.74) is 12.3. The third-order valence-electron chi connectivity index (χ3n) is 4.47. The number of hydrogen-bond acceptors (Lipinski definition) is 7. The number of carbonyl (C=O) groups is 2. The van der Waals surface area contributed by atoms with E-state index in [4.69, 9.17) is 25.7 Å². The van der Waals surface area contributed by atoms with Crippen LogP contribution < -0.4 is 21.5 Å². The largest absolute Gasteiger partial charge is 0.493 e. The minimum Gasteiger partial charge on any atom is -0.493 e. The van der Waals surface area contributed by atoms with Gasteiger partial charge in [-0.25, -0.2) is 9.59 Å². The molecule has 0 saturated carbocycles. The highest BCUT2D eigenvalue weighted by atomic mass is 16.6. The summed E-state index contributed by atoms with van der Waals surface area (Å²) in [7, 11) is 0. The van der Waals surface area contributed by atoms with Gasteiger partial charge in [-0.2, -0.15) is 5.10 Å². The number of amides is 1. The van der Waals surface area contributed by atoms with Crippen molar-refractivity contribution in [2.24, 2.45) is 21.7 Å². The van der Waals surface area contributed by atoms with E-state index in [1.807, 2.05) is 54.6 Å². The van der Waals surface area contributed by atoms with Crippen molar-refractivity contribution in [2.75, 3.05) is 13.2 Å². The van der Waals surface area contributed by atoms with E-state index in [2.05, 4.69) is 15.5 Å². The Bertz CT molecular complexity index is 961. The number of guanidine groups is 1. The van der Waals surface area contributed by atoms with Crippen LogP contribution in [0.1, 0.15) is 30.9 Å². The molecule has 0 aromatic heterocycles. The van der Waals surface area contributed by atoms with Gasteiger partial charge in [0.25, 0.3) is 0 Å². The molecule has 5 N–H and O–H groups in total. The first-order valence-electron chi connectivity index (χ1n) is 10.9. The van der Waals surface area contributed by atoms with E-state index in [1.165, 1.54) is 0 Å². The number of carbonyl (C=O) groups excluding carboxylic acids is 2. The number of aryl methyl sites for hydroxylation is 1. The highest BCUT2D eigenvalue weighted by Crippen LogP contribution is 2.15. The normalized spacial score (nSPS) is 11.4. The van der Waals surface area contributed by atoms with Crippen LogP contribution in [-0.4, -0.2) is 43.5 Å². The summed E-state index contributed by atoms with van der Waals surface area (Å²) >= 11 is 0. The highest BCUT2D eigenvalue weighted by Gasteiger charge is 2.23. The van der Waals surface area contributed by atoms with Gasteiger partial charge in [0.05, 0.1) is 13.2 Å². The topological polar surface area (TPSA) is 151 Å². The van der Waals surface area contributed by atoms with Gasteiger partial charge in [0.2, 0.25) is 5.96 Å². The highest BCUT2D eigenvalue weighted by molar-refractivity contribution is 5.81. The van der Waals surface area contributed by atoms with Gasteiger partial charge in [-0.15, -0.1) is 5.10 Å². The van der Waals surface area contributed by atoms with Gasteiger partial charge >= 0.3 is 12.1 Å². The van der Waals surface area contributed by atoms with Crippen molar-refractivity contribution < 1.29 is 23.8 Å². The second-order valence-corrected chi connectivity index (χ2v) is 7.16. The smallest absolute Gasteiger partial charge is 0.408 e. The molecule has 10 nitrogen and oxygen atoms in total. The van der Waals surface area contributed by atoms with E-state index in [1.54, 1.807) is 13.1 Å². The lowest BCUT2D eigenvalue weighted by molar-refractivity contribution is -0.145. The van der Waals surface area contributed by atoms with E-state index in [9.17, 15) is 9.59 Å². The molecule has 0 unspecified atom stereocenters. The molecule has 1 amide bonds. The zero-order chi connectivity index (χ0) is 24.6. The Balaban J connectivity index is 1.84. The first-order chi connectivity index (χ1) is 16.5. The van der Waals surface area contributed by atoms with Gasteiger partial charge in [0.1, 0.15) is 18.4 Å². The van der Waals surface area contributed by atoms with Gasteiger partial charge in [-0.1, -0.05) is 42.5 Å². The van der Waals surface area contributed by atoms with Crippen LogP contribution in [0.4, 0.5) is 4.79 Å². The number of alkyl carbamates (subject to hydrolysis) is 1. The summed E-state index contributed by atoms with van der Waals surface area (Å²) in [6.45, 7) is 2.19. The molecule has 0 spiro atoms. The predicted octanol–water partition coefficient (Wildman–Crippen LogP) is 2.51. The fourth-order valence-electron chi connectivity index (χ4n) is 2.88. The van der Waals surface area contributed by atoms with Crippen LogP contribution in [0.15, 0.2) is 64.8 Å². The third kappa shape index (κ3) is 10.5. The molecule has 0 aliphatic carbocycles. The third-order valence-corrected chi connectivity index (χ3v) is 4.47. The molecule has 2 aromatic rings. The van der Waals surface area contributed by atoms with Gasteiger partial charge in [0, 0.05) is 12.6 Å². The molecule has 0 heterocycles. The van der Waals surface area contributed by atoms with Crippen LogP contribution in [-0.2, 0) is 27.3 Å². The molecule has 10 heteroatoms. The van der Waals surface area contributed by atoms with E-state index in [0.29, 0.717) is 12.2 Å². The molecule has 0 bridgehead atoms. The first kappa shape index (κ1) is 26.2. The molecule has 1 atom stereocenters. The molecule has 34 heavy (non-hydrogen) atoms. The van der Waals surface area contributed by atoms with Crippen molar-refractivity contribution >= 4 is 24.2 Å². The molecule has 0 saturated heterocycles. The summed E-state index contributed by atoms with van der Waals surface area (Å²) in [5.74, 6) is 0.0104. The minimum atomic E-state index is -0.891. The quantitative estimate of drug-likeness (QED) is 0.176. The number of nitrogens with one attached hydrogen (secondary N) is 1. The van der Waals surface area contributed by atoms with Crippen LogP contribution in [0, 0.1) is 0 Å². The van der Waals surface area contributed by atoms with Crippen molar-refractivity contribution in [3.63, 3.8) is 0 Å². The maximum atomic E-state index is 12.3. The van der Waals surface area contributed by atoms with Crippen molar-refractivity contribution in [1.29, 1.82) is 0 Å². The second-order valence-electron chi connectivity index (χ2n) is 7.16. The SMILES string of the molecule is CCOC(=O)[C@H](CCOc1cccc(CCC=NN=C(N)N)c1)NC(=O)OCc1ccccc1. The number of esters is 1. The zero-order valence-corrected chi connectivity index (χ0v) is 19.2. The molecular formula is C24H31N5O5. The molecule has 2 rings (SSSR count). The maximum absolute atomic E-state index is 12.3. The standard InChI is InChI=1S/C24H31N5O5/c1-2-32-22(30)21(28-24(31)34-17-19-8-4-3-5-9-19)13-15-33-20-12-6-10-18(16-20)11-7-14-27-29-23(25)26/h3-6,8-10,12,14,16,21H,2,7,11,13,15,17H2,1H3,(H,28,31)(H4,25,26,29)/t21-/m0/s1. The molecule has 0 aliphatic heterocycles. The summed E-state index contributed by atoms with van der Waals surface area (Å²) < 4.78 is 16.1. The molecule has 182 valence electrons. The van der Waals surface area contributed by atoms with Crippen LogP contribution in [0.3, 0.4) is 0 Å². The fourth-order valence-corrected chi connectivity index (χ4v) is 2.88. The van der Waals surface area contributed by atoms with E-state index in [0.717, 1.165) is 17.5 Å². The molecular weight excluding hydrogens is 438 g/mol. The number of hydrogen-bond donors (Lipinski definition) is 3. The predicted molar refractivity (Wildman–Crippen MR) is 129 cm³/mol. The van der Waals surface area contributed by atoms with Crippen LogP contribution in [0.5, 0.6) is 5.75 Å².